The second-order valence-corrected chi connectivity index (χ2v) is 6.65. The Morgan fingerprint density at radius 3 is 2.70 bits per heavy atom. The third kappa shape index (κ3) is 4.65. The van der Waals surface area contributed by atoms with Crippen molar-refractivity contribution >= 4 is 23.2 Å². The van der Waals surface area contributed by atoms with Crippen LogP contribution in [-0.4, -0.2) is 48.6 Å². The molecule has 0 saturated carbocycles. The van der Waals surface area contributed by atoms with Gasteiger partial charge in [0, 0.05) is 31.3 Å². The zero-order valence-corrected chi connectivity index (χ0v) is 15.6. The van der Waals surface area contributed by atoms with Crippen molar-refractivity contribution in [3.8, 4) is 0 Å². The minimum absolute atomic E-state index is 0.00574. The number of nitrogens with one attached hydrogen (secondary N) is 1. The first-order valence-corrected chi connectivity index (χ1v) is 8.94. The molecule has 8 nitrogen and oxygen atoms in total. The molecule has 1 aliphatic heterocycles. The summed E-state index contributed by atoms with van der Waals surface area (Å²) in [5, 5.41) is 13.9. The molecule has 9 heteroatoms. The van der Waals surface area contributed by atoms with E-state index in [1.165, 1.54) is 18.2 Å². The van der Waals surface area contributed by atoms with Crippen molar-refractivity contribution in [2.45, 2.75) is 13.0 Å². The van der Waals surface area contributed by atoms with E-state index in [0.29, 0.717) is 19.8 Å². The number of carbonyl (C=O) groups is 1. The number of morpholine rings is 1. The molecule has 0 spiro atoms. The molecule has 2 heterocycles. The van der Waals surface area contributed by atoms with Crippen LogP contribution in [0.1, 0.15) is 27.9 Å². The number of nitro benzene ring substituents is 1. The van der Waals surface area contributed by atoms with E-state index in [1.54, 1.807) is 0 Å². The average Bonchev–Trinajstić information content (AvgIpc) is 3.09. The average molecular weight is 394 g/mol. The van der Waals surface area contributed by atoms with Gasteiger partial charge in [0.25, 0.3) is 11.6 Å². The number of rotatable bonds is 6. The fraction of sp³-hybridized carbons (Fsp3) is 0.389. The normalized spacial score (nSPS) is 16.1. The quantitative estimate of drug-likeness (QED) is 0.598. The lowest BCUT2D eigenvalue weighted by molar-refractivity contribution is -0.384. The highest BCUT2D eigenvalue weighted by atomic mass is 35.5. The summed E-state index contributed by atoms with van der Waals surface area (Å²) in [5.74, 6) is 1.15. The molecule has 2 aromatic rings. The maximum absolute atomic E-state index is 12.5. The van der Waals surface area contributed by atoms with Crippen molar-refractivity contribution in [1.29, 1.82) is 0 Å². The lowest BCUT2D eigenvalue weighted by Gasteiger charge is -2.33. The second-order valence-electron chi connectivity index (χ2n) is 6.25. The van der Waals surface area contributed by atoms with E-state index in [9.17, 15) is 14.9 Å². The number of ether oxygens (including phenoxy) is 1. The number of aryl methyl sites for hydroxylation is 1. The molecule has 1 atom stereocenters. The van der Waals surface area contributed by atoms with Crippen LogP contribution in [0.15, 0.2) is 34.7 Å². The lowest BCUT2D eigenvalue weighted by atomic mass is 10.1. The number of carbonyl (C=O) groups excluding carboxylic acids is 1. The van der Waals surface area contributed by atoms with Crippen LogP contribution in [0.25, 0.3) is 0 Å². The number of nitrogens with zero attached hydrogens (tertiary/aromatic N) is 2. The number of hydrogen-bond acceptors (Lipinski definition) is 6. The fourth-order valence-electron chi connectivity index (χ4n) is 3.02. The Morgan fingerprint density at radius 2 is 2.07 bits per heavy atom. The molecule has 1 aromatic carbocycles. The van der Waals surface area contributed by atoms with Gasteiger partial charge in [-0.25, -0.2) is 0 Å². The Morgan fingerprint density at radius 1 is 1.33 bits per heavy atom. The summed E-state index contributed by atoms with van der Waals surface area (Å²) in [6, 6.07) is 7.63. The molecule has 0 aliphatic carbocycles. The molecular weight excluding hydrogens is 374 g/mol. The minimum atomic E-state index is -0.610. The van der Waals surface area contributed by atoms with Crippen LogP contribution in [0.3, 0.4) is 0 Å². The third-order valence-corrected chi connectivity index (χ3v) is 4.76. The molecule has 1 aliphatic rings. The van der Waals surface area contributed by atoms with Crippen molar-refractivity contribution in [3.63, 3.8) is 0 Å². The van der Waals surface area contributed by atoms with E-state index in [-0.39, 0.29) is 22.3 Å². The predicted molar refractivity (Wildman–Crippen MR) is 99.0 cm³/mol. The number of nitro groups is 1. The van der Waals surface area contributed by atoms with E-state index in [0.717, 1.165) is 24.6 Å². The third-order valence-electron chi connectivity index (χ3n) is 4.44. The van der Waals surface area contributed by atoms with Gasteiger partial charge in [0.1, 0.15) is 16.5 Å². The minimum Gasteiger partial charge on any atom is -0.465 e. The Balaban J connectivity index is 1.74. The molecule has 1 saturated heterocycles. The number of halogens is 1. The molecule has 27 heavy (non-hydrogen) atoms. The molecule has 3 rings (SSSR count). The zero-order valence-electron chi connectivity index (χ0n) is 14.8. The van der Waals surface area contributed by atoms with E-state index < -0.39 is 10.8 Å². The van der Waals surface area contributed by atoms with Crippen molar-refractivity contribution in [3.05, 3.63) is 62.6 Å². The molecule has 144 valence electrons. The highest BCUT2D eigenvalue weighted by molar-refractivity contribution is 6.32. The van der Waals surface area contributed by atoms with Gasteiger partial charge in [0.15, 0.2) is 0 Å². The highest BCUT2D eigenvalue weighted by Gasteiger charge is 2.26. The summed E-state index contributed by atoms with van der Waals surface area (Å²) in [6.45, 7) is 4.87. The summed E-state index contributed by atoms with van der Waals surface area (Å²) in [6.07, 6.45) is 0. The number of furan rings is 1. The number of amides is 1. The molecule has 0 radical (unpaired) electrons. The SMILES string of the molecule is Cc1ccc(C(CNC(=O)c2ccc(Cl)c([N+](=O)[O-])c2)N2CCOCC2)o1. The first-order valence-electron chi connectivity index (χ1n) is 8.56. The van der Waals surface area contributed by atoms with Gasteiger partial charge in [0.2, 0.25) is 0 Å². The second kappa shape index (κ2) is 8.51. The van der Waals surface area contributed by atoms with Gasteiger partial charge < -0.3 is 14.5 Å². The molecular formula is C18H20ClN3O5. The van der Waals surface area contributed by atoms with Gasteiger partial charge in [0.05, 0.1) is 24.2 Å². The molecule has 1 amide bonds. The van der Waals surface area contributed by atoms with Crippen molar-refractivity contribution < 1.29 is 18.9 Å². The summed E-state index contributed by atoms with van der Waals surface area (Å²) in [4.78, 5) is 25.1. The Bertz CT molecular complexity index is 832. The summed E-state index contributed by atoms with van der Waals surface area (Å²) in [5.41, 5.74) is -0.113. The van der Waals surface area contributed by atoms with E-state index in [2.05, 4.69) is 10.2 Å². The van der Waals surface area contributed by atoms with Crippen LogP contribution in [0.5, 0.6) is 0 Å². The fourth-order valence-corrected chi connectivity index (χ4v) is 3.20. The first-order chi connectivity index (χ1) is 13.0. The summed E-state index contributed by atoms with van der Waals surface area (Å²) in [7, 11) is 0. The van der Waals surface area contributed by atoms with Crippen molar-refractivity contribution in [2.24, 2.45) is 0 Å². The van der Waals surface area contributed by atoms with E-state index in [1.807, 2.05) is 19.1 Å². The van der Waals surface area contributed by atoms with E-state index in [4.69, 9.17) is 20.8 Å². The van der Waals surface area contributed by atoms with E-state index >= 15 is 0 Å². The Kier molecular flexibility index (Phi) is 6.10. The van der Waals surface area contributed by atoms with Crippen LogP contribution in [-0.2, 0) is 4.74 Å². The summed E-state index contributed by atoms with van der Waals surface area (Å²) >= 11 is 5.80. The van der Waals surface area contributed by atoms with Crippen molar-refractivity contribution in [2.75, 3.05) is 32.8 Å². The Hall–Kier alpha value is -2.42. The van der Waals surface area contributed by atoms with Gasteiger partial charge in [-0.2, -0.15) is 0 Å². The maximum Gasteiger partial charge on any atom is 0.288 e. The Labute approximate surface area is 161 Å². The highest BCUT2D eigenvalue weighted by Crippen LogP contribution is 2.26. The van der Waals surface area contributed by atoms with Crippen LogP contribution < -0.4 is 5.32 Å². The zero-order chi connectivity index (χ0) is 19.4. The standard InChI is InChI=1S/C18H20ClN3O5/c1-12-2-5-17(27-12)16(21-6-8-26-9-7-21)11-20-18(23)13-3-4-14(19)15(10-13)22(24)25/h2-5,10,16H,6-9,11H2,1H3,(H,20,23). The molecule has 1 fully saturated rings. The van der Waals surface area contributed by atoms with Gasteiger partial charge in [-0.1, -0.05) is 11.6 Å². The first kappa shape index (κ1) is 19.3. The lowest BCUT2D eigenvalue weighted by Crippen LogP contribution is -2.43. The molecule has 0 bridgehead atoms. The smallest absolute Gasteiger partial charge is 0.288 e. The van der Waals surface area contributed by atoms with Gasteiger partial charge in [-0.3, -0.25) is 19.8 Å². The van der Waals surface area contributed by atoms with Gasteiger partial charge >= 0.3 is 0 Å². The topological polar surface area (TPSA) is 97.8 Å². The van der Waals surface area contributed by atoms with Crippen molar-refractivity contribution in [1.82, 2.24) is 10.2 Å². The monoisotopic (exact) mass is 393 g/mol. The molecule has 1 N–H and O–H groups in total. The predicted octanol–water partition coefficient (Wildman–Crippen LogP) is 2.95. The van der Waals surface area contributed by atoms with Crippen LogP contribution >= 0.6 is 11.6 Å². The number of benzene rings is 1. The summed E-state index contributed by atoms with van der Waals surface area (Å²) < 4.78 is 11.2. The van der Waals surface area contributed by atoms with Gasteiger partial charge in [-0.15, -0.1) is 0 Å². The van der Waals surface area contributed by atoms with Crippen LogP contribution in [0.4, 0.5) is 5.69 Å². The van der Waals surface area contributed by atoms with Crippen LogP contribution in [0.2, 0.25) is 5.02 Å². The van der Waals surface area contributed by atoms with Gasteiger partial charge in [-0.05, 0) is 31.2 Å². The number of hydrogen-bond donors (Lipinski definition) is 1. The molecule has 1 aromatic heterocycles. The largest absolute Gasteiger partial charge is 0.465 e. The molecule has 1 unspecified atom stereocenters. The maximum atomic E-state index is 12.5. The van der Waals surface area contributed by atoms with Crippen LogP contribution in [0, 0.1) is 17.0 Å².